The van der Waals surface area contributed by atoms with Crippen LogP contribution in [0.2, 0.25) is 0 Å². The highest BCUT2D eigenvalue weighted by molar-refractivity contribution is 5.76. The summed E-state index contributed by atoms with van der Waals surface area (Å²) in [7, 11) is 0. The van der Waals surface area contributed by atoms with Gasteiger partial charge in [0.05, 0.1) is 24.8 Å². The van der Waals surface area contributed by atoms with Crippen LogP contribution < -0.4 is 0 Å². The van der Waals surface area contributed by atoms with Crippen molar-refractivity contribution in [1.82, 2.24) is 14.7 Å². The van der Waals surface area contributed by atoms with E-state index in [1.54, 1.807) is 0 Å². The average Bonchev–Trinajstić information content (AvgIpc) is 3.10. The van der Waals surface area contributed by atoms with Crippen LogP contribution in [0, 0.1) is 6.92 Å². The molecule has 3 heterocycles. The van der Waals surface area contributed by atoms with Crippen LogP contribution in [0.5, 0.6) is 0 Å². The molecular formula is C15H23N3O2. The first-order valence-corrected chi connectivity index (χ1v) is 7.62. The lowest BCUT2D eigenvalue weighted by atomic mass is 10.0. The van der Waals surface area contributed by atoms with Gasteiger partial charge in [-0.15, -0.1) is 0 Å². The van der Waals surface area contributed by atoms with Crippen molar-refractivity contribution in [2.24, 2.45) is 0 Å². The Balaban J connectivity index is 1.58. The Morgan fingerprint density at radius 3 is 3.05 bits per heavy atom. The van der Waals surface area contributed by atoms with Gasteiger partial charge in [0.1, 0.15) is 0 Å². The predicted molar refractivity (Wildman–Crippen MR) is 75.4 cm³/mol. The predicted octanol–water partition coefficient (Wildman–Crippen LogP) is 1.92. The summed E-state index contributed by atoms with van der Waals surface area (Å²) in [5, 5.41) is 4.39. The fourth-order valence-corrected chi connectivity index (χ4v) is 3.16. The van der Waals surface area contributed by atoms with Gasteiger partial charge in [0.2, 0.25) is 5.91 Å². The normalized spacial score (nSPS) is 26.9. The number of piperidine rings is 1. The zero-order valence-corrected chi connectivity index (χ0v) is 12.1. The summed E-state index contributed by atoms with van der Waals surface area (Å²) < 4.78 is 7.58. The van der Waals surface area contributed by atoms with E-state index in [1.807, 2.05) is 22.7 Å². The number of hydrogen-bond acceptors (Lipinski definition) is 3. The van der Waals surface area contributed by atoms with E-state index >= 15 is 0 Å². The maximum atomic E-state index is 12.4. The van der Waals surface area contributed by atoms with Crippen molar-refractivity contribution in [3.05, 3.63) is 18.0 Å². The maximum absolute atomic E-state index is 12.4. The van der Waals surface area contributed by atoms with Crippen LogP contribution in [0.15, 0.2) is 12.4 Å². The molecule has 0 aliphatic carbocycles. The number of likely N-dealkylation sites (tertiary alicyclic amines) is 1. The molecule has 1 amide bonds. The molecule has 0 spiro atoms. The summed E-state index contributed by atoms with van der Waals surface area (Å²) in [6, 6.07) is 0.325. The lowest BCUT2D eigenvalue weighted by Crippen LogP contribution is -2.41. The molecule has 5 heteroatoms. The highest BCUT2D eigenvalue weighted by atomic mass is 16.5. The Labute approximate surface area is 119 Å². The van der Waals surface area contributed by atoms with E-state index in [-0.39, 0.29) is 12.0 Å². The number of rotatable bonds is 3. The molecule has 1 aromatic rings. The number of carbonyl (C=O) groups excluding carboxylic acids is 1. The standard InChI is InChI=1S/C15H23N3O2/c1-12-9-16-18(10-12)13-4-2-6-17(11-13)15(19)8-14-5-3-7-20-14/h9-10,13-14H,2-8,11H2,1H3/t13-,14-/m0/s1. The second-order valence-corrected chi connectivity index (χ2v) is 5.97. The summed E-state index contributed by atoms with van der Waals surface area (Å²) in [5.74, 6) is 0.241. The van der Waals surface area contributed by atoms with Gasteiger partial charge in [-0.1, -0.05) is 0 Å². The van der Waals surface area contributed by atoms with Crippen molar-refractivity contribution in [1.29, 1.82) is 0 Å². The van der Waals surface area contributed by atoms with Crippen molar-refractivity contribution in [2.75, 3.05) is 19.7 Å². The summed E-state index contributed by atoms with van der Waals surface area (Å²) in [6.07, 6.45) is 8.92. The van der Waals surface area contributed by atoms with Crippen LogP contribution in [0.1, 0.15) is 43.7 Å². The van der Waals surface area contributed by atoms with Crippen LogP contribution in [-0.4, -0.2) is 46.4 Å². The molecule has 2 aliphatic heterocycles. The second-order valence-electron chi connectivity index (χ2n) is 5.97. The lowest BCUT2D eigenvalue weighted by molar-refractivity contribution is -0.135. The van der Waals surface area contributed by atoms with Gasteiger partial charge < -0.3 is 9.64 Å². The molecule has 3 rings (SSSR count). The third-order valence-electron chi connectivity index (χ3n) is 4.28. The van der Waals surface area contributed by atoms with E-state index in [9.17, 15) is 4.79 Å². The number of hydrogen-bond donors (Lipinski definition) is 0. The molecule has 2 fully saturated rings. The smallest absolute Gasteiger partial charge is 0.225 e. The number of aromatic nitrogens is 2. The third-order valence-corrected chi connectivity index (χ3v) is 4.28. The molecule has 0 bridgehead atoms. The van der Waals surface area contributed by atoms with Crippen LogP contribution in [0.4, 0.5) is 0 Å². The van der Waals surface area contributed by atoms with E-state index < -0.39 is 0 Å². The molecule has 2 saturated heterocycles. The number of aryl methyl sites for hydroxylation is 1. The Hall–Kier alpha value is -1.36. The lowest BCUT2D eigenvalue weighted by Gasteiger charge is -2.33. The Kier molecular flexibility index (Phi) is 4.05. The SMILES string of the molecule is Cc1cnn([C@H]2CCCN(C(=O)C[C@@H]3CCCO3)C2)c1. The molecule has 2 atom stereocenters. The van der Waals surface area contributed by atoms with E-state index in [0.29, 0.717) is 12.5 Å². The number of ether oxygens (including phenoxy) is 1. The van der Waals surface area contributed by atoms with Gasteiger partial charge in [0.25, 0.3) is 0 Å². The van der Waals surface area contributed by atoms with Gasteiger partial charge >= 0.3 is 0 Å². The highest BCUT2D eigenvalue weighted by Crippen LogP contribution is 2.23. The van der Waals surface area contributed by atoms with Gasteiger partial charge in [-0.25, -0.2) is 0 Å². The van der Waals surface area contributed by atoms with E-state index in [1.165, 1.54) is 5.56 Å². The van der Waals surface area contributed by atoms with Gasteiger partial charge in [-0.3, -0.25) is 9.48 Å². The molecule has 0 N–H and O–H groups in total. The minimum absolute atomic E-state index is 0.148. The molecule has 110 valence electrons. The van der Waals surface area contributed by atoms with Crippen LogP contribution in [-0.2, 0) is 9.53 Å². The first-order chi connectivity index (χ1) is 9.72. The summed E-state index contributed by atoms with van der Waals surface area (Å²) in [4.78, 5) is 14.3. The first-order valence-electron chi connectivity index (χ1n) is 7.62. The summed E-state index contributed by atoms with van der Waals surface area (Å²) in [5.41, 5.74) is 1.17. The number of carbonyl (C=O) groups is 1. The largest absolute Gasteiger partial charge is 0.378 e. The van der Waals surface area contributed by atoms with E-state index in [4.69, 9.17) is 4.74 Å². The van der Waals surface area contributed by atoms with E-state index in [0.717, 1.165) is 45.4 Å². The van der Waals surface area contributed by atoms with Crippen LogP contribution >= 0.6 is 0 Å². The van der Waals surface area contributed by atoms with Crippen molar-refractivity contribution in [3.63, 3.8) is 0 Å². The first kappa shape index (κ1) is 13.6. The zero-order valence-electron chi connectivity index (χ0n) is 12.1. The van der Waals surface area contributed by atoms with Crippen molar-refractivity contribution in [2.45, 2.75) is 51.2 Å². The quantitative estimate of drug-likeness (QED) is 0.848. The summed E-state index contributed by atoms with van der Waals surface area (Å²) in [6.45, 7) is 4.52. The summed E-state index contributed by atoms with van der Waals surface area (Å²) >= 11 is 0. The minimum atomic E-state index is 0.148. The van der Waals surface area contributed by atoms with Gasteiger partial charge in [-0.2, -0.15) is 5.10 Å². The minimum Gasteiger partial charge on any atom is -0.378 e. The monoisotopic (exact) mass is 277 g/mol. The molecule has 0 radical (unpaired) electrons. The molecule has 2 aliphatic rings. The number of nitrogens with zero attached hydrogens (tertiary/aromatic N) is 3. The van der Waals surface area contributed by atoms with Gasteiger partial charge in [0.15, 0.2) is 0 Å². The second kappa shape index (κ2) is 5.95. The van der Waals surface area contributed by atoms with Gasteiger partial charge in [0, 0.05) is 25.9 Å². The van der Waals surface area contributed by atoms with E-state index in [2.05, 4.69) is 11.3 Å². The molecule has 1 aromatic heterocycles. The Morgan fingerprint density at radius 1 is 1.45 bits per heavy atom. The molecular weight excluding hydrogens is 254 g/mol. The van der Waals surface area contributed by atoms with Crippen molar-refractivity contribution in [3.8, 4) is 0 Å². The molecule has 20 heavy (non-hydrogen) atoms. The molecule has 0 aromatic carbocycles. The zero-order chi connectivity index (χ0) is 13.9. The maximum Gasteiger partial charge on any atom is 0.225 e. The van der Waals surface area contributed by atoms with Crippen LogP contribution in [0.3, 0.4) is 0 Å². The molecule has 5 nitrogen and oxygen atoms in total. The molecule has 0 unspecified atom stereocenters. The third kappa shape index (κ3) is 3.03. The Bertz CT molecular complexity index is 465. The topological polar surface area (TPSA) is 47.4 Å². The van der Waals surface area contributed by atoms with Crippen molar-refractivity contribution < 1.29 is 9.53 Å². The highest BCUT2D eigenvalue weighted by Gasteiger charge is 2.27. The fourth-order valence-electron chi connectivity index (χ4n) is 3.16. The fraction of sp³-hybridized carbons (Fsp3) is 0.733. The van der Waals surface area contributed by atoms with Crippen molar-refractivity contribution >= 4 is 5.91 Å². The Morgan fingerprint density at radius 2 is 2.35 bits per heavy atom. The average molecular weight is 277 g/mol. The van der Waals surface area contributed by atoms with Crippen LogP contribution in [0.25, 0.3) is 0 Å². The molecule has 0 saturated carbocycles. The van der Waals surface area contributed by atoms with Gasteiger partial charge in [-0.05, 0) is 38.2 Å². The number of amides is 1.